The quantitative estimate of drug-likeness (QED) is 0.545. The molecule has 3 aromatic rings. The van der Waals surface area contributed by atoms with E-state index in [0.717, 1.165) is 35.7 Å². The molecule has 0 atom stereocenters. The Morgan fingerprint density at radius 2 is 1.63 bits per heavy atom. The molecule has 0 bridgehead atoms. The van der Waals surface area contributed by atoms with Gasteiger partial charge in [0.2, 0.25) is 0 Å². The minimum Gasteiger partial charge on any atom is -0.457 e. The first-order valence-electron chi connectivity index (χ1n) is 9.09. The maximum atomic E-state index is 12.0. The molecule has 0 fully saturated rings. The van der Waals surface area contributed by atoms with Crippen LogP contribution < -0.4 is 15.4 Å². The predicted octanol–water partition coefficient (Wildman–Crippen LogP) is 5.15. The Morgan fingerprint density at radius 1 is 0.926 bits per heavy atom. The third kappa shape index (κ3) is 5.57. The van der Waals surface area contributed by atoms with Crippen molar-refractivity contribution >= 4 is 17.3 Å². The summed E-state index contributed by atoms with van der Waals surface area (Å²) in [5.41, 5.74) is 2.15. The van der Waals surface area contributed by atoms with Gasteiger partial charge in [0.25, 0.3) is 5.91 Å². The van der Waals surface area contributed by atoms with E-state index in [9.17, 15) is 4.79 Å². The normalized spacial score (nSPS) is 10.3. The third-order valence-electron chi connectivity index (χ3n) is 3.93. The highest BCUT2D eigenvalue weighted by molar-refractivity contribution is 5.92. The van der Waals surface area contributed by atoms with Crippen LogP contribution in [0.2, 0.25) is 0 Å². The van der Waals surface area contributed by atoms with Crippen LogP contribution in [-0.4, -0.2) is 17.4 Å². The predicted molar refractivity (Wildman–Crippen MR) is 108 cm³/mol. The first-order chi connectivity index (χ1) is 13.2. The molecule has 0 unspecified atom stereocenters. The van der Waals surface area contributed by atoms with E-state index in [1.54, 1.807) is 12.3 Å². The Hall–Kier alpha value is -3.34. The van der Waals surface area contributed by atoms with Crippen LogP contribution in [0.3, 0.4) is 0 Å². The molecule has 0 spiro atoms. The van der Waals surface area contributed by atoms with Gasteiger partial charge in [-0.05, 0) is 55.0 Å². The monoisotopic (exact) mass is 361 g/mol. The Bertz CT molecular complexity index is 847. The third-order valence-corrected chi connectivity index (χ3v) is 3.93. The summed E-state index contributed by atoms with van der Waals surface area (Å²) in [6, 6.07) is 20.9. The number of carbonyl (C=O) groups excluding carboxylic acids is 1. The highest BCUT2D eigenvalue weighted by Crippen LogP contribution is 2.24. The van der Waals surface area contributed by atoms with Gasteiger partial charge in [0, 0.05) is 12.2 Å². The van der Waals surface area contributed by atoms with Gasteiger partial charge in [0.1, 0.15) is 17.2 Å². The molecule has 0 aliphatic rings. The van der Waals surface area contributed by atoms with Crippen LogP contribution in [0, 0.1) is 0 Å². The molecule has 0 saturated heterocycles. The number of ether oxygens (including phenoxy) is 1. The van der Waals surface area contributed by atoms with E-state index in [1.165, 1.54) is 0 Å². The number of amides is 1. The van der Waals surface area contributed by atoms with Gasteiger partial charge in [-0.3, -0.25) is 4.79 Å². The Kier molecular flexibility index (Phi) is 6.41. The number of rotatable bonds is 8. The molecule has 2 aromatic carbocycles. The Labute approximate surface area is 159 Å². The fourth-order valence-electron chi connectivity index (χ4n) is 2.47. The smallest absolute Gasteiger partial charge is 0.269 e. The highest BCUT2D eigenvalue weighted by Gasteiger charge is 2.06. The zero-order chi connectivity index (χ0) is 18.9. The number of para-hydroxylation sites is 1. The molecular weight excluding hydrogens is 338 g/mol. The van der Waals surface area contributed by atoms with E-state index in [4.69, 9.17) is 4.74 Å². The number of nitrogens with zero attached hydrogens (tertiary/aromatic N) is 1. The largest absolute Gasteiger partial charge is 0.457 e. The maximum Gasteiger partial charge on any atom is 0.269 e. The number of aromatic nitrogens is 1. The van der Waals surface area contributed by atoms with Gasteiger partial charge in [0.05, 0.1) is 11.9 Å². The van der Waals surface area contributed by atoms with E-state index in [-0.39, 0.29) is 5.91 Å². The van der Waals surface area contributed by atoms with Crippen LogP contribution in [-0.2, 0) is 0 Å². The lowest BCUT2D eigenvalue weighted by atomic mass is 10.2. The molecule has 138 valence electrons. The van der Waals surface area contributed by atoms with Crippen LogP contribution in [0.15, 0.2) is 72.9 Å². The van der Waals surface area contributed by atoms with Crippen LogP contribution >= 0.6 is 0 Å². The van der Waals surface area contributed by atoms with Crippen molar-refractivity contribution in [2.45, 2.75) is 19.8 Å². The summed E-state index contributed by atoms with van der Waals surface area (Å²) in [4.78, 5) is 16.2. The number of carbonyl (C=O) groups is 1. The number of hydrogen-bond donors (Lipinski definition) is 2. The van der Waals surface area contributed by atoms with Crippen molar-refractivity contribution in [2.24, 2.45) is 0 Å². The van der Waals surface area contributed by atoms with E-state index in [1.807, 2.05) is 60.7 Å². The van der Waals surface area contributed by atoms with Crippen LogP contribution in [0.1, 0.15) is 30.3 Å². The van der Waals surface area contributed by atoms with Crippen molar-refractivity contribution in [3.8, 4) is 11.5 Å². The molecule has 2 N–H and O–H groups in total. The molecule has 0 radical (unpaired) electrons. The van der Waals surface area contributed by atoms with E-state index >= 15 is 0 Å². The summed E-state index contributed by atoms with van der Waals surface area (Å²) in [7, 11) is 0. The van der Waals surface area contributed by atoms with E-state index < -0.39 is 0 Å². The maximum absolute atomic E-state index is 12.0. The number of unbranched alkanes of at least 4 members (excludes halogenated alkanes) is 1. The zero-order valence-corrected chi connectivity index (χ0v) is 15.3. The SMILES string of the molecule is CCCCNC(=O)c1ccc(Nc2ccc(Oc3ccccc3)cc2)cn1. The average Bonchev–Trinajstić information content (AvgIpc) is 2.71. The number of pyridine rings is 1. The Balaban J connectivity index is 1.56. The van der Waals surface area contributed by atoms with Gasteiger partial charge >= 0.3 is 0 Å². The number of anilines is 2. The number of nitrogens with one attached hydrogen (secondary N) is 2. The first-order valence-corrected chi connectivity index (χ1v) is 9.09. The average molecular weight is 361 g/mol. The van der Waals surface area contributed by atoms with Gasteiger partial charge in [-0.15, -0.1) is 0 Å². The Morgan fingerprint density at radius 3 is 2.30 bits per heavy atom. The minimum absolute atomic E-state index is 0.141. The molecule has 3 rings (SSSR count). The second-order valence-corrected chi connectivity index (χ2v) is 6.11. The van der Waals surface area contributed by atoms with Crippen molar-refractivity contribution in [3.63, 3.8) is 0 Å². The van der Waals surface area contributed by atoms with Crippen LogP contribution in [0.4, 0.5) is 11.4 Å². The molecule has 0 aliphatic carbocycles. The second kappa shape index (κ2) is 9.38. The second-order valence-electron chi connectivity index (χ2n) is 6.11. The van der Waals surface area contributed by atoms with Gasteiger partial charge in [-0.25, -0.2) is 4.98 Å². The highest BCUT2D eigenvalue weighted by atomic mass is 16.5. The van der Waals surface area contributed by atoms with Crippen molar-refractivity contribution < 1.29 is 9.53 Å². The lowest BCUT2D eigenvalue weighted by Gasteiger charge is -2.09. The lowest BCUT2D eigenvalue weighted by molar-refractivity contribution is 0.0948. The molecule has 27 heavy (non-hydrogen) atoms. The minimum atomic E-state index is -0.141. The number of hydrogen-bond acceptors (Lipinski definition) is 4. The van der Waals surface area contributed by atoms with Gasteiger partial charge in [-0.2, -0.15) is 0 Å². The number of benzene rings is 2. The summed E-state index contributed by atoms with van der Waals surface area (Å²) in [5.74, 6) is 1.43. The van der Waals surface area contributed by atoms with Crippen molar-refractivity contribution in [3.05, 3.63) is 78.6 Å². The van der Waals surface area contributed by atoms with E-state index in [2.05, 4.69) is 22.5 Å². The molecule has 1 amide bonds. The summed E-state index contributed by atoms with van der Waals surface area (Å²) in [6.45, 7) is 2.76. The van der Waals surface area contributed by atoms with Gasteiger partial charge < -0.3 is 15.4 Å². The molecule has 1 heterocycles. The first kappa shape index (κ1) is 18.5. The van der Waals surface area contributed by atoms with Crippen molar-refractivity contribution in [1.82, 2.24) is 10.3 Å². The summed E-state index contributed by atoms with van der Waals surface area (Å²) in [5, 5.41) is 6.12. The molecule has 0 saturated carbocycles. The van der Waals surface area contributed by atoms with Crippen LogP contribution in [0.25, 0.3) is 0 Å². The summed E-state index contributed by atoms with van der Waals surface area (Å²) in [6.07, 6.45) is 3.67. The molecular formula is C22H23N3O2. The van der Waals surface area contributed by atoms with Crippen molar-refractivity contribution in [1.29, 1.82) is 0 Å². The zero-order valence-electron chi connectivity index (χ0n) is 15.3. The van der Waals surface area contributed by atoms with Gasteiger partial charge in [0.15, 0.2) is 0 Å². The standard InChI is InChI=1S/C22H23N3O2/c1-2-3-15-23-22(26)21-14-11-18(16-24-21)25-17-9-12-20(13-10-17)27-19-7-5-4-6-8-19/h4-14,16,25H,2-3,15H2,1H3,(H,23,26). The summed E-state index contributed by atoms with van der Waals surface area (Å²) < 4.78 is 5.78. The van der Waals surface area contributed by atoms with Crippen molar-refractivity contribution in [2.75, 3.05) is 11.9 Å². The summed E-state index contributed by atoms with van der Waals surface area (Å²) >= 11 is 0. The van der Waals surface area contributed by atoms with E-state index in [0.29, 0.717) is 12.2 Å². The van der Waals surface area contributed by atoms with Gasteiger partial charge in [-0.1, -0.05) is 31.5 Å². The fourth-order valence-corrected chi connectivity index (χ4v) is 2.47. The molecule has 5 heteroatoms. The fraction of sp³-hybridized carbons (Fsp3) is 0.182. The molecule has 5 nitrogen and oxygen atoms in total. The topological polar surface area (TPSA) is 63.2 Å². The molecule has 0 aliphatic heterocycles. The van der Waals surface area contributed by atoms with Crippen LogP contribution in [0.5, 0.6) is 11.5 Å². The lowest BCUT2D eigenvalue weighted by Crippen LogP contribution is -2.25. The molecule has 1 aromatic heterocycles.